The number of carbonyl (C=O) groups is 2. The number of nitrogens with zero attached hydrogens (tertiary/aromatic N) is 1. The summed E-state index contributed by atoms with van der Waals surface area (Å²) in [5, 5.41) is 31.3. The maximum Gasteiger partial charge on any atom is 0.309 e. The normalized spacial score (nSPS) is 30.1. The molecular weight excluding hydrogens is 474 g/mol. The van der Waals surface area contributed by atoms with Crippen LogP contribution in [0.25, 0.3) is 11.1 Å². The van der Waals surface area contributed by atoms with Gasteiger partial charge in [-0.15, -0.1) is 0 Å². The Bertz CT molecular complexity index is 1120. The summed E-state index contributed by atoms with van der Waals surface area (Å²) in [6.07, 6.45) is 2.35. The van der Waals surface area contributed by atoms with Crippen molar-refractivity contribution in [3.05, 3.63) is 41.3 Å². The molecule has 3 N–H and O–H groups in total. The first kappa shape index (κ1) is 29.0. The fourth-order valence-electron chi connectivity index (χ4n) is 5.04. The van der Waals surface area contributed by atoms with Gasteiger partial charge in [0.2, 0.25) is 5.89 Å². The highest BCUT2D eigenvalue weighted by Crippen LogP contribution is 2.35. The lowest BCUT2D eigenvalue weighted by atomic mass is 9.71. The second-order valence-electron chi connectivity index (χ2n) is 10.9. The summed E-state index contributed by atoms with van der Waals surface area (Å²) in [6, 6.07) is 5.30. The minimum atomic E-state index is -1.26. The monoisotopic (exact) mass is 515 g/mol. The molecule has 2 heterocycles. The van der Waals surface area contributed by atoms with Crippen molar-refractivity contribution in [2.24, 2.45) is 17.3 Å². The van der Waals surface area contributed by atoms with E-state index in [0.717, 1.165) is 30.4 Å². The van der Waals surface area contributed by atoms with Gasteiger partial charge < -0.3 is 24.5 Å². The SMILES string of the molecule is CC[C@H]1C(=O)C(C)(C)[C@@H](O)CC(=O)O[C@H](c2ccc3oc(CO)nc3c2)C/C=C(/C)CCC[C@H](C)[C@@H]1O. The van der Waals surface area contributed by atoms with Gasteiger partial charge >= 0.3 is 5.97 Å². The maximum absolute atomic E-state index is 13.4. The van der Waals surface area contributed by atoms with E-state index in [1.165, 1.54) is 0 Å². The van der Waals surface area contributed by atoms with E-state index in [0.29, 0.717) is 23.9 Å². The number of Topliss-reactive ketones (excluding diaryl/α,β-unsaturated/α-hetero) is 1. The van der Waals surface area contributed by atoms with Crippen LogP contribution in [0.5, 0.6) is 0 Å². The molecule has 204 valence electrons. The van der Waals surface area contributed by atoms with Gasteiger partial charge in [-0.1, -0.05) is 45.4 Å². The molecular formula is C29H41NO7. The molecule has 0 fully saturated rings. The van der Waals surface area contributed by atoms with Gasteiger partial charge in [-0.25, -0.2) is 4.98 Å². The highest BCUT2D eigenvalue weighted by molar-refractivity contribution is 5.88. The number of hydrogen-bond acceptors (Lipinski definition) is 8. The van der Waals surface area contributed by atoms with Crippen LogP contribution in [0.1, 0.15) is 90.7 Å². The van der Waals surface area contributed by atoms with E-state index in [1.807, 2.05) is 20.8 Å². The highest BCUT2D eigenvalue weighted by atomic mass is 16.5. The molecule has 8 heteroatoms. The molecule has 2 aromatic rings. The van der Waals surface area contributed by atoms with Crippen molar-refractivity contribution in [3.8, 4) is 0 Å². The Morgan fingerprint density at radius 3 is 2.59 bits per heavy atom. The van der Waals surface area contributed by atoms with E-state index in [9.17, 15) is 24.9 Å². The summed E-state index contributed by atoms with van der Waals surface area (Å²) in [5.41, 5.74) is 1.71. The molecule has 0 saturated heterocycles. The number of carbonyl (C=O) groups excluding carboxylic acids is 2. The fraction of sp³-hybridized carbons (Fsp3) is 0.621. The summed E-state index contributed by atoms with van der Waals surface area (Å²) in [7, 11) is 0. The van der Waals surface area contributed by atoms with Gasteiger partial charge in [-0.2, -0.15) is 0 Å². The Morgan fingerprint density at radius 2 is 1.92 bits per heavy atom. The summed E-state index contributed by atoms with van der Waals surface area (Å²) < 4.78 is 11.3. The van der Waals surface area contributed by atoms with Gasteiger partial charge in [0.05, 0.1) is 24.0 Å². The highest BCUT2D eigenvalue weighted by Gasteiger charge is 2.43. The lowest BCUT2D eigenvalue weighted by Crippen LogP contribution is -2.46. The van der Waals surface area contributed by atoms with E-state index >= 15 is 0 Å². The maximum atomic E-state index is 13.4. The number of oxazole rings is 1. The smallest absolute Gasteiger partial charge is 0.309 e. The average molecular weight is 516 g/mol. The van der Waals surface area contributed by atoms with Gasteiger partial charge in [-0.05, 0) is 56.2 Å². The molecule has 37 heavy (non-hydrogen) atoms. The zero-order chi connectivity index (χ0) is 27.3. The predicted octanol–water partition coefficient (Wildman–Crippen LogP) is 4.79. The molecule has 0 spiro atoms. The first-order valence-electron chi connectivity index (χ1n) is 13.2. The zero-order valence-electron chi connectivity index (χ0n) is 22.6. The van der Waals surface area contributed by atoms with Crippen molar-refractivity contribution in [1.82, 2.24) is 4.98 Å². The summed E-state index contributed by atoms with van der Waals surface area (Å²) in [4.78, 5) is 30.7. The lowest BCUT2D eigenvalue weighted by molar-refractivity contribution is -0.156. The molecule has 0 aliphatic carbocycles. The Balaban J connectivity index is 1.93. The van der Waals surface area contributed by atoms with E-state index in [4.69, 9.17) is 9.15 Å². The van der Waals surface area contributed by atoms with E-state index in [-0.39, 0.29) is 30.6 Å². The first-order chi connectivity index (χ1) is 17.5. The molecule has 0 amide bonds. The van der Waals surface area contributed by atoms with Crippen LogP contribution in [0.15, 0.2) is 34.3 Å². The van der Waals surface area contributed by atoms with Gasteiger partial charge in [0.15, 0.2) is 5.58 Å². The van der Waals surface area contributed by atoms with Crippen LogP contribution in [0, 0.1) is 17.3 Å². The number of cyclic esters (lactones) is 1. The van der Waals surface area contributed by atoms with Crippen LogP contribution in [-0.2, 0) is 20.9 Å². The fourth-order valence-corrected chi connectivity index (χ4v) is 5.04. The van der Waals surface area contributed by atoms with E-state index in [2.05, 4.69) is 11.1 Å². The molecule has 5 atom stereocenters. The summed E-state index contributed by atoms with van der Waals surface area (Å²) in [6.45, 7) is 8.78. The number of aliphatic hydroxyl groups is 3. The third-order valence-corrected chi connectivity index (χ3v) is 7.75. The number of rotatable bonds is 3. The largest absolute Gasteiger partial charge is 0.457 e. The number of benzene rings is 1. The van der Waals surface area contributed by atoms with Crippen LogP contribution < -0.4 is 0 Å². The molecule has 0 bridgehead atoms. The van der Waals surface area contributed by atoms with Crippen LogP contribution in [0.4, 0.5) is 0 Å². The summed E-state index contributed by atoms with van der Waals surface area (Å²) >= 11 is 0. The summed E-state index contributed by atoms with van der Waals surface area (Å²) in [5.74, 6) is -1.35. The van der Waals surface area contributed by atoms with Crippen molar-refractivity contribution >= 4 is 22.9 Å². The van der Waals surface area contributed by atoms with E-state index in [1.54, 1.807) is 32.0 Å². The minimum absolute atomic E-state index is 0.0711. The van der Waals surface area contributed by atoms with Crippen molar-refractivity contribution in [3.63, 3.8) is 0 Å². The van der Waals surface area contributed by atoms with Gasteiger partial charge in [-0.3, -0.25) is 9.59 Å². The predicted molar refractivity (Wildman–Crippen MR) is 139 cm³/mol. The molecule has 0 unspecified atom stereocenters. The Hall–Kier alpha value is -2.55. The quantitative estimate of drug-likeness (QED) is 0.393. The van der Waals surface area contributed by atoms with Gasteiger partial charge in [0, 0.05) is 12.3 Å². The number of aromatic nitrogens is 1. The van der Waals surface area contributed by atoms with Crippen molar-refractivity contribution in [2.75, 3.05) is 0 Å². The number of fused-ring (bicyclic) bond motifs is 1. The standard InChI is InChI=1S/C29H41NO7/c1-6-20-27(34)18(3)9-7-8-17(2)10-12-22(37-26(33)15-24(32)29(4,5)28(20)35)19-11-13-23-21(14-19)30-25(16-31)36-23/h10-11,13-14,18,20,22,24,27,31-32,34H,6-9,12,15-16H2,1-5H3/b17-10-/t18-,20+,22-,24-,27-/m0/s1. The Labute approximate surface area is 218 Å². The van der Waals surface area contributed by atoms with Gasteiger partial charge in [0.25, 0.3) is 0 Å². The number of allylic oxidation sites excluding steroid dienone is 1. The van der Waals surface area contributed by atoms with Crippen LogP contribution in [0.2, 0.25) is 0 Å². The third kappa shape index (κ3) is 6.86. The van der Waals surface area contributed by atoms with Crippen molar-refractivity contribution in [1.29, 1.82) is 0 Å². The number of aliphatic hydroxyl groups excluding tert-OH is 3. The lowest BCUT2D eigenvalue weighted by Gasteiger charge is -2.35. The van der Waals surface area contributed by atoms with Crippen LogP contribution in [-0.4, -0.2) is 44.3 Å². The zero-order valence-corrected chi connectivity index (χ0v) is 22.6. The Kier molecular flexibility index (Phi) is 9.67. The molecule has 1 aliphatic rings. The second-order valence-corrected chi connectivity index (χ2v) is 10.9. The number of esters is 1. The molecule has 1 aromatic heterocycles. The van der Waals surface area contributed by atoms with Crippen LogP contribution in [0.3, 0.4) is 0 Å². The van der Waals surface area contributed by atoms with Crippen LogP contribution >= 0.6 is 0 Å². The molecule has 3 rings (SSSR count). The Morgan fingerprint density at radius 1 is 1.19 bits per heavy atom. The van der Waals surface area contributed by atoms with E-state index < -0.39 is 35.6 Å². The van der Waals surface area contributed by atoms with Crippen molar-refractivity contribution < 1.29 is 34.1 Å². The molecule has 0 radical (unpaired) electrons. The average Bonchev–Trinajstić information content (AvgIpc) is 3.28. The first-order valence-corrected chi connectivity index (χ1v) is 13.2. The number of hydrogen-bond donors (Lipinski definition) is 3. The molecule has 0 saturated carbocycles. The number of ketones is 1. The minimum Gasteiger partial charge on any atom is -0.457 e. The molecule has 8 nitrogen and oxygen atoms in total. The third-order valence-electron chi connectivity index (χ3n) is 7.75. The van der Waals surface area contributed by atoms with Gasteiger partial charge in [0.1, 0.15) is 24.0 Å². The topological polar surface area (TPSA) is 130 Å². The second kappa shape index (κ2) is 12.3. The van der Waals surface area contributed by atoms with Crippen molar-refractivity contribution in [2.45, 2.75) is 98.1 Å². The molecule has 1 aromatic carbocycles. The number of ether oxygens (including phenoxy) is 1. The molecule has 1 aliphatic heterocycles.